The van der Waals surface area contributed by atoms with Crippen LogP contribution in [0.15, 0.2) is 48.5 Å². The Kier molecular flexibility index (Phi) is 9.38. The summed E-state index contributed by atoms with van der Waals surface area (Å²) in [5, 5.41) is 22.7. The number of carbonyl (C=O) groups is 1. The Hall–Kier alpha value is -4.43. The van der Waals surface area contributed by atoms with E-state index in [2.05, 4.69) is 15.4 Å². The molecular formula is C32H35F6N7O2. The zero-order valence-corrected chi connectivity index (χ0v) is 26.1. The molecule has 47 heavy (non-hydrogen) atoms. The van der Waals surface area contributed by atoms with Gasteiger partial charge in [-0.05, 0) is 73.7 Å². The van der Waals surface area contributed by atoms with Crippen molar-refractivity contribution in [1.82, 2.24) is 25.2 Å². The number of anilines is 2. The molecule has 0 aliphatic heterocycles. The highest BCUT2D eigenvalue weighted by Crippen LogP contribution is 2.37. The summed E-state index contributed by atoms with van der Waals surface area (Å²) < 4.78 is 82.4. The Morgan fingerprint density at radius 1 is 0.979 bits per heavy atom. The van der Waals surface area contributed by atoms with Crippen LogP contribution in [-0.4, -0.2) is 49.9 Å². The number of aliphatic carboxylic acids is 1. The molecule has 9 nitrogen and oxygen atoms in total. The second kappa shape index (κ2) is 13.0. The van der Waals surface area contributed by atoms with E-state index in [4.69, 9.17) is 4.98 Å². The molecule has 1 aliphatic carbocycles. The van der Waals surface area contributed by atoms with Crippen molar-refractivity contribution < 1.29 is 36.2 Å². The normalized spacial score (nSPS) is 14.1. The minimum Gasteiger partial charge on any atom is -0.481 e. The van der Waals surface area contributed by atoms with Crippen LogP contribution in [0.5, 0.6) is 0 Å². The monoisotopic (exact) mass is 663 g/mol. The summed E-state index contributed by atoms with van der Waals surface area (Å²) in [5.74, 6) is 0.113. The SMILES string of the molecule is CN(CCCC1CC1)c1nc2ccccc2cc1CN(Cc1cc(C(F)(F)F)cc(C(F)(F)F)c1)c1nnn(CC(C)(C)C(=O)O)n1. The summed E-state index contributed by atoms with van der Waals surface area (Å²) in [4.78, 5) is 21.0. The number of nitrogens with zero attached hydrogens (tertiary/aromatic N) is 7. The molecule has 0 saturated heterocycles. The van der Waals surface area contributed by atoms with Crippen molar-refractivity contribution in [2.24, 2.45) is 11.3 Å². The molecule has 15 heteroatoms. The number of halogens is 6. The maximum Gasteiger partial charge on any atom is 0.416 e. The number of tetrazole rings is 1. The number of carboxylic acid groups (broad SMARTS) is 1. The van der Waals surface area contributed by atoms with Crippen LogP contribution in [-0.2, 0) is 36.8 Å². The summed E-state index contributed by atoms with van der Waals surface area (Å²) >= 11 is 0. The second-order valence-corrected chi connectivity index (χ2v) is 12.8. The molecule has 5 rings (SSSR count). The third kappa shape index (κ3) is 8.49. The first-order chi connectivity index (χ1) is 22.0. The molecule has 1 fully saturated rings. The Morgan fingerprint density at radius 2 is 1.64 bits per heavy atom. The van der Waals surface area contributed by atoms with E-state index < -0.39 is 41.4 Å². The highest BCUT2D eigenvalue weighted by molar-refractivity contribution is 5.82. The van der Waals surface area contributed by atoms with Crippen LogP contribution in [0.3, 0.4) is 0 Å². The van der Waals surface area contributed by atoms with E-state index in [0.29, 0.717) is 30.1 Å². The van der Waals surface area contributed by atoms with Gasteiger partial charge in [-0.2, -0.15) is 31.1 Å². The highest BCUT2D eigenvalue weighted by Gasteiger charge is 2.37. The molecule has 2 aromatic carbocycles. The molecule has 0 spiro atoms. The first kappa shape index (κ1) is 33.9. The third-order valence-electron chi connectivity index (χ3n) is 8.17. The lowest BCUT2D eigenvalue weighted by atomic mass is 9.94. The van der Waals surface area contributed by atoms with Gasteiger partial charge in [-0.15, -0.1) is 5.10 Å². The summed E-state index contributed by atoms with van der Waals surface area (Å²) in [5.41, 5.74) is -3.08. The van der Waals surface area contributed by atoms with Gasteiger partial charge in [0.05, 0.1) is 28.6 Å². The van der Waals surface area contributed by atoms with E-state index in [0.717, 1.165) is 34.5 Å². The summed E-state index contributed by atoms with van der Waals surface area (Å²) in [7, 11) is 1.89. The van der Waals surface area contributed by atoms with Crippen molar-refractivity contribution in [2.45, 2.75) is 71.5 Å². The summed E-state index contributed by atoms with van der Waals surface area (Å²) in [6.07, 6.45) is -5.59. The number of hydrogen-bond acceptors (Lipinski definition) is 7. The fourth-order valence-electron chi connectivity index (χ4n) is 5.31. The van der Waals surface area contributed by atoms with Gasteiger partial charge in [0.15, 0.2) is 0 Å². The van der Waals surface area contributed by atoms with E-state index in [1.54, 1.807) is 0 Å². The fraction of sp³-hybridized carbons (Fsp3) is 0.469. The minimum absolute atomic E-state index is 0.0499. The predicted octanol–water partition coefficient (Wildman–Crippen LogP) is 7.20. The number of carboxylic acids is 1. The Labute approximate surface area is 267 Å². The smallest absolute Gasteiger partial charge is 0.416 e. The number of para-hydroxylation sites is 1. The quantitative estimate of drug-likeness (QED) is 0.150. The Morgan fingerprint density at radius 3 is 2.26 bits per heavy atom. The van der Waals surface area contributed by atoms with Crippen molar-refractivity contribution in [3.63, 3.8) is 0 Å². The predicted molar refractivity (Wildman–Crippen MR) is 163 cm³/mol. The molecule has 0 atom stereocenters. The number of benzene rings is 2. The van der Waals surface area contributed by atoms with E-state index in [1.807, 2.05) is 42.3 Å². The van der Waals surface area contributed by atoms with Gasteiger partial charge in [0.1, 0.15) is 5.82 Å². The van der Waals surface area contributed by atoms with Crippen LogP contribution in [0.2, 0.25) is 0 Å². The molecule has 4 aromatic rings. The van der Waals surface area contributed by atoms with E-state index >= 15 is 0 Å². The molecule has 1 N–H and O–H groups in total. The van der Waals surface area contributed by atoms with Gasteiger partial charge in [-0.25, -0.2) is 4.98 Å². The van der Waals surface area contributed by atoms with Crippen molar-refractivity contribution in [2.75, 3.05) is 23.4 Å². The molecule has 2 heterocycles. The van der Waals surface area contributed by atoms with Gasteiger partial charge >= 0.3 is 18.3 Å². The first-order valence-corrected chi connectivity index (χ1v) is 15.1. The molecule has 0 amide bonds. The molecule has 0 bridgehead atoms. The first-order valence-electron chi connectivity index (χ1n) is 15.1. The molecule has 0 unspecified atom stereocenters. The van der Waals surface area contributed by atoms with Crippen molar-refractivity contribution >= 4 is 28.6 Å². The van der Waals surface area contributed by atoms with Crippen LogP contribution in [0.4, 0.5) is 38.1 Å². The Balaban J connectivity index is 1.56. The summed E-state index contributed by atoms with van der Waals surface area (Å²) in [6, 6.07) is 10.7. The summed E-state index contributed by atoms with van der Waals surface area (Å²) in [6.45, 7) is 2.94. The van der Waals surface area contributed by atoms with Crippen LogP contribution < -0.4 is 9.80 Å². The largest absolute Gasteiger partial charge is 0.481 e. The van der Waals surface area contributed by atoms with Crippen LogP contribution in [0.1, 0.15) is 61.8 Å². The number of aromatic nitrogens is 5. The van der Waals surface area contributed by atoms with Crippen molar-refractivity contribution in [3.05, 3.63) is 70.8 Å². The third-order valence-corrected chi connectivity index (χ3v) is 8.17. The van der Waals surface area contributed by atoms with Gasteiger partial charge in [0.2, 0.25) is 0 Å². The lowest BCUT2D eigenvalue weighted by molar-refractivity contribution is -0.148. The van der Waals surface area contributed by atoms with Gasteiger partial charge in [0.25, 0.3) is 5.95 Å². The highest BCUT2D eigenvalue weighted by atomic mass is 19.4. The van der Waals surface area contributed by atoms with Crippen molar-refractivity contribution in [1.29, 1.82) is 0 Å². The maximum atomic E-state index is 13.7. The molecule has 2 aromatic heterocycles. The second-order valence-electron chi connectivity index (χ2n) is 12.8. The number of alkyl halides is 6. The molecule has 252 valence electrons. The van der Waals surface area contributed by atoms with E-state index in [-0.39, 0.29) is 30.7 Å². The zero-order chi connectivity index (χ0) is 34.1. The van der Waals surface area contributed by atoms with Crippen LogP contribution in [0, 0.1) is 11.3 Å². The fourth-order valence-corrected chi connectivity index (χ4v) is 5.31. The number of fused-ring (bicyclic) bond motifs is 1. The molecule has 1 saturated carbocycles. The van der Waals surface area contributed by atoms with Gasteiger partial charge in [-0.3, -0.25) is 4.79 Å². The van der Waals surface area contributed by atoms with Crippen molar-refractivity contribution in [3.8, 4) is 0 Å². The number of rotatable bonds is 13. The maximum absolute atomic E-state index is 13.7. The average Bonchev–Trinajstić information content (AvgIpc) is 3.70. The van der Waals surface area contributed by atoms with Gasteiger partial charge < -0.3 is 14.9 Å². The number of hydrogen-bond donors (Lipinski definition) is 1. The van der Waals surface area contributed by atoms with E-state index in [9.17, 15) is 36.2 Å². The van der Waals surface area contributed by atoms with Gasteiger partial charge in [-0.1, -0.05) is 36.1 Å². The zero-order valence-electron chi connectivity index (χ0n) is 26.1. The number of pyridine rings is 1. The van der Waals surface area contributed by atoms with Crippen LogP contribution in [0.25, 0.3) is 10.9 Å². The standard InChI is InChI=1S/C32H35F6N7O2/c1-30(2,28(46)47)19-45-41-29(40-42-45)44(17-21-13-24(31(33,34)35)16-25(14-21)32(36,37)38)18-23-15-22-8-4-5-9-26(22)39-27(23)43(3)12-6-7-20-10-11-20/h4-5,8-9,13-16,20H,6-7,10-12,17-19H2,1-3H3,(H,46,47). The lowest BCUT2D eigenvalue weighted by Crippen LogP contribution is -2.30. The topological polar surface area (TPSA) is 100 Å². The molecular weight excluding hydrogens is 628 g/mol. The average molecular weight is 664 g/mol. The minimum atomic E-state index is -5.02. The van der Waals surface area contributed by atoms with Gasteiger partial charge in [0, 0.05) is 37.6 Å². The van der Waals surface area contributed by atoms with E-state index in [1.165, 1.54) is 31.6 Å². The lowest BCUT2D eigenvalue weighted by Gasteiger charge is -2.27. The van der Waals surface area contributed by atoms with Crippen LogP contribution >= 0.6 is 0 Å². The molecule has 0 radical (unpaired) electrons. The molecule has 1 aliphatic rings. The Bertz CT molecular complexity index is 1700.